The van der Waals surface area contributed by atoms with E-state index in [1.807, 2.05) is 0 Å². The van der Waals surface area contributed by atoms with E-state index in [2.05, 4.69) is 20.7 Å². The summed E-state index contributed by atoms with van der Waals surface area (Å²) in [6.07, 6.45) is 1.23. The molecule has 0 fully saturated rings. The number of amides is 1. The van der Waals surface area contributed by atoms with Gasteiger partial charge in [0.1, 0.15) is 0 Å². The van der Waals surface area contributed by atoms with Crippen molar-refractivity contribution >= 4 is 46.0 Å². The van der Waals surface area contributed by atoms with Crippen LogP contribution in [0.1, 0.15) is 5.56 Å². The molecule has 1 aromatic carbocycles. The molecule has 2 rings (SSSR count). The molecule has 0 atom stereocenters. The fraction of sp³-hybridized carbons (Fsp3) is 0.0909. The number of rotatable bonds is 6. The van der Waals surface area contributed by atoms with Crippen molar-refractivity contribution < 1.29 is 9.72 Å². The van der Waals surface area contributed by atoms with Gasteiger partial charge in [0.2, 0.25) is 5.13 Å². The van der Waals surface area contributed by atoms with E-state index in [4.69, 9.17) is 5.73 Å². The Labute approximate surface area is 132 Å². The molecule has 0 aliphatic carbocycles. The maximum Gasteiger partial charge on any atom is 0.278 e. The fourth-order valence-electron chi connectivity index (χ4n) is 1.38. The summed E-state index contributed by atoms with van der Waals surface area (Å²) in [5, 5.41) is 22.2. The number of carbonyl (C=O) groups is 1. The smallest absolute Gasteiger partial charge is 0.278 e. The number of aromatic nitrogens is 2. The minimum Gasteiger partial charge on any atom is -0.374 e. The van der Waals surface area contributed by atoms with Gasteiger partial charge in [0.25, 0.3) is 11.6 Å². The lowest BCUT2D eigenvalue weighted by Crippen LogP contribution is -2.19. The molecule has 9 nitrogen and oxygen atoms in total. The third kappa shape index (κ3) is 4.49. The highest BCUT2D eigenvalue weighted by Gasteiger charge is 2.10. The number of hydrazone groups is 1. The van der Waals surface area contributed by atoms with E-state index in [1.54, 1.807) is 12.1 Å². The first-order chi connectivity index (χ1) is 10.6. The van der Waals surface area contributed by atoms with Crippen LogP contribution >= 0.6 is 23.1 Å². The number of nitrogens with two attached hydrogens (primary N) is 1. The molecular weight excluding hydrogens is 328 g/mol. The molecular formula is C11H10N6O3S2. The van der Waals surface area contributed by atoms with Crippen molar-refractivity contribution in [1.29, 1.82) is 0 Å². The van der Waals surface area contributed by atoms with Gasteiger partial charge in [0.15, 0.2) is 4.34 Å². The highest BCUT2D eigenvalue weighted by molar-refractivity contribution is 8.01. The van der Waals surface area contributed by atoms with Crippen LogP contribution in [0, 0.1) is 10.1 Å². The molecule has 1 heterocycles. The molecule has 114 valence electrons. The van der Waals surface area contributed by atoms with Gasteiger partial charge in [-0.15, -0.1) is 10.2 Å². The van der Waals surface area contributed by atoms with Gasteiger partial charge in [-0.25, -0.2) is 5.43 Å². The Kier molecular flexibility index (Phi) is 5.38. The van der Waals surface area contributed by atoms with Crippen LogP contribution in [-0.4, -0.2) is 33.0 Å². The van der Waals surface area contributed by atoms with Crippen molar-refractivity contribution in [2.24, 2.45) is 5.10 Å². The Bertz CT molecular complexity index is 717. The molecule has 0 unspecified atom stereocenters. The normalized spacial score (nSPS) is 10.7. The Hall–Kier alpha value is -2.53. The first kappa shape index (κ1) is 15.9. The van der Waals surface area contributed by atoms with E-state index >= 15 is 0 Å². The van der Waals surface area contributed by atoms with Crippen molar-refractivity contribution in [2.75, 3.05) is 11.5 Å². The summed E-state index contributed by atoms with van der Waals surface area (Å²) in [5.41, 5.74) is 7.93. The van der Waals surface area contributed by atoms with E-state index in [1.165, 1.54) is 41.4 Å². The van der Waals surface area contributed by atoms with Gasteiger partial charge in [-0.1, -0.05) is 35.2 Å². The molecule has 0 saturated heterocycles. The highest BCUT2D eigenvalue weighted by atomic mass is 32.2. The lowest BCUT2D eigenvalue weighted by Gasteiger charge is -1.98. The number of nitro groups is 1. The number of nitrogens with one attached hydrogen (secondary N) is 1. The van der Waals surface area contributed by atoms with Crippen LogP contribution in [0.3, 0.4) is 0 Å². The molecule has 11 heteroatoms. The topological polar surface area (TPSA) is 136 Å². The van der Waals surface area contributed by atoms with Gasteiger partial charge >= 0.3 is 0 Å². The molecule has 3 N–H and O–H groups in total. The van der Waals surface area contributed by atoms with Crippen LogP contribution in [0.15, 0.2) is 33.7 Å². The highest BCUT2D eigenvalue weighted by Crippen LogP contribution is 2.22. The predicted molar refractivity (Wildman–Crippen MR) is 83.9 cm³/mol. The molecule has 0 radical (unpaired) electrons. The summed E-state index contributed by atoms with van der Waals surface area (Å²) < 4.78 is 0.579. The van der Waals surface area contributed by atoms with E-state index in [0.717, 1.165) is 0 Å². The standard InChI is InChI=1S/C11H10N6O3S2/c12-10-15-16-11(22-10)21-6-9(18)14-13-5-7-3-1-2-4-8(7)17(19)20/h1-5H,6H2,(H2,12,15)(H,14,18). The van der Waals surface area contributed by atoms with Gasteiger partial charge in [-0.2, -0.15) is 5.10 Å². The zero-order valence-corrected chi connectivity index (χ0v) is 12.6. The summed E-state index contributed by atoms with van der Waals surface area (Å²) >= 11 is 2.36. The molecule has 0 spiro atoms. The number of thioether (sulfide) groups is 1. The van der Waals surface area contributed by atoms with Gasteiger partial charge in [-0.3, -0.25) is 14.9 Å². The third-order valence-electron chi connectivity index (χ3n) is 2.28. The number of hydrogen-bond acceptors (Lipinski definition) is 9. The third-order valence-corrected chi connectivity index (χ3v) is 4.16. The number of nitro benzene ring substituents is 1. The van der Waals surface area contributed by atoms with Crippen LogP contribution in [0.4, 0.5) is 10.8 Å². The molecule has 2 aromatic rings. The SMILES string of the molecule is Nc1nnc(SCC(=O)NN=Cc2ccccc2[N+](=O)[O-])s1. The summed E-state index contributed by atoms with van der Waals surface area (Å²) in [7, 11) is 0. The molecule has 22 heavy (non-hydrogen) atoms. The first-order valence-electron chi connectivity index (χ1n) is 5.83. The van der Waals surface area contributed by atoms with Crippen molar-refractivity contribution in [2.45, 2.75) is 4.34 Å². The first-order valence-corrected chi connectivity index (χ1v) is 7.63. The van der Waals surface area contributed by atoms with E-state index in [-0.39, 0.29) is 17.3 Å². The van der Waals surface area contributed by atoms with Crippen molar-refractivity contribution in [3.8, 4) is 0 Å². The van der Waals surface area contributed by atoms with Crippen molar-refractivity contribution in [1.82, 2.24) is 15.6 Å². The Morgan fingerprint density at radius 3 is 2.95 bits per heavy atom. The average Bonchev–Trinajstić information content (AvgIpc) is 2.91. The molecule has 0 saturated carbocycles. The number of hydrogen-bond donors (Lipinski definition) is 2. The monoisotopic (exact) mass is 338 g/mol. The van der Waals surface area contributed by atoms with E-state index < -0.39 is 4.92 Å². The van der Waals surface area contributed by atoms with Crippen molar-refractivity contribution in [3.05, 3.63) is 39.9 Å². The van der Waals surface area contributed by atoms with Crippen LogP contribution in [0.25, 0.3) is 0 Å². The summed E-state index contributed by atoms with van der Waals surface area (Å²) in [6, 6.07) is 6.09. The quantitative estimate of drug-likeness (QED) is 0.350. The van der Waals surface area contributed by atoms with Gasteiger partial charge in [-0.05, 0) is 6.07 Å². The Morgan fingerprint density at radius 2 is 2.27 bits per heavy atom. The molecule has 0 aliphatic rings. The zero-order chi connectivity index (χ0) is 15.9. The number of benzene rings is 1. The predicted octanol–water partition coefficient (Wildman–Crippen LogP) is 1.27. The average molecular weight is 338 g/mol. The number of nitrogens with zero attached hydrogens (tertiary/aromatic N) is 4. The van der Waals surface area contributed by atoms with Gasteiger partial charge in [0.05, 0.1) is 22.5 Å². The maximum absolute atomic E-state index is 11.6. The fourth-order valence-corrected chi connectivity index (χ4v) is 2.80. The molecule has 0 bridgehead atoms. The zero-order valence-electron chi connectivity index (χ0n) is 11.0. The second-order valence-electron chi connectivity index (χ2n) is 3.80. The summed E-state index contributed by atoms with van der Waals surface area (Å²) in [6.45, 7) is 0. The Balaban J connectivity index is 1.87. The van der Waals surface area contributed by atoms with Crippen LogP contribution in [-0.2, 0) is 4.79 Å². The lowest BCUT2D eigenvalue weighted by atomic mass is 10.2. The number of nitrogen functional groups attached to an aromatic ring is 1. The van der Waals surface area contributed by atoms with Crippen LogP contribution in [0.2, 0.25) is 0 Å². The number of anilines is 1. The molecule has 1 amide bonds. The maximum atomic E-state index is 11.6. The molecule has 1 aromatic heterocycles. The lowest BCUT2D eigenvalue weighted by molar-refractivity contribution is -0.385. The largest absolute Gasteiger partial charge is 0.374 e. The molecule has 0 aliphatic heterocycles. The summed E-state index contributed by atoms with van der Waals surface area (Å²) in [4.78, 5) is 21.9. The number of para-hydroxylation sites is 1. The van der Waals surface area contributed by atoms with Gasteiger partial charge < -0.3 is 5.73 Å². The van der Waals surface area contributed by atoms with Gasteiger partial charge in [0, 0.05) is 6.07 Å². The summed E-state index contributed by atoms with van der Waals surface area (Å²) in [5.74, 6) is -0.281. The number of carbonyl (C=O) groups excluding carboxylic acids is 1. The van der Waals surface area contributed by atoms with Crippen molar-refractivity contribution in [3.63, 3.8) is 0 Å². The van der Waals surface area contributed by atoms with Crippen LogP contribution in [0.5, 0.6) is 0 Å². The second-order valence-corrected chi connectivity index (χ2v) is 6.04. The minimum atomic E-state index is -0.515. The Morgan fingerprint density at radius 1 is 1.50 bits per heavy atom. The van der Waals surface area contributed by atoms with E-state index in [9.17, 15) is 14.9 Å². The minimum absolute atomic E-state index is 0.0841. The van der Waals surface area contributed by atoms with Crippen LogP contribution < -0.4 is 11.2 Å². The van der Waals surface area contributed by atoms with E-state index in [0.29, 0.717) is 15.0 Å². The second kappa shape index (κ2) is 7.47.